The molecule has 0 radical (unpaired) electrons. The van der Waals surface area contributed by atoms with E-state index in [1.807, 2.05) is 36.4 Å². The van der Waals surface area contributed by atoms with Gasteiger partial charge in [-0.1, -0.05) is 18.2 Å². The Kier molecular flexibility index (Phi) is 4.47. The number of carbonyl (C=O) groups excluding carboxylic acids is 1. The Labute approximate surface area is 134 Å². The predicted octanol–water partition coefficient (Wildman–Crippen LogP) is 2.61. The highest BCUT2D eigenvalue weighted by Gasteiger charge is 2.10. The summed E-state index contributed by atoms with van der Waals surface area (Å²) in [5.74, 6) is 0.678. The van der Waals surface area contributed by atoms with E-state index in [-0.39, 0.29) is 5.91 Å². The minimum absolute atomic E-state index is 0.140. The maximum atomic E-state index is 12.4. The zero-order valence-electron chi connectivity index (χ0n) is 12.8. The van der Waals surface area contributed by atoms with Crippen LogP contribution in [0.2, 0.25) is 0 Å². The number of aromatic nitrogens is 2. The second-order valence-electron chi connectivity index (χ2n) is 5.09. The highest BCUT2D eigenvalue weighted by Crippen LogP contribution is 2.14. The van der Waals surface area contributed by atoms with Gasteiger partial charge >= 0.3 is 0 Å². The quantitative estimate of drug-likeness (QED) is 0.787. The number of nitrogens with one attached hydrogen (secondary N) is 1. The Bertz CT molecular complexity index is 828. The van der Waals surface area contributed by atoms with E-state index in [2.05, 4.69) is 15.3 Å². The van der Waals surface area contributed by atoms with Gasteiger partial charge in [0.25, 0.3) is 5.91 Å². The fourth-order valence-corrected chi connectivity index (χ4v) is 2.42. The fourth-order valence-electron chi connectivity index (χ4n) is 2.42. The molecule has 3 rings (SSSR count). The maximum Gasteiger partial charge on any atom is 0.253 e. The second-order valence-corrected chi connectivity index (χ2v) is 5.09. The summed E-state index contributed by atoms with van der Waals surface area (Å²) in [5.41, 5.74) is 2.99. The number of nitrogens with zero attached hydrogens (tertiary/aromatic N) is 2. The van der Waals surface area contributed by atoms with E-state index in [0.717, 1.165) is 17.7 Å². The molecular weight excluding hydrogens is 290 g/mol. The summed E-state index contributed by atoms with van der Waals surface area (Å²) in [6, 6.07) is 13.2. The summed E-state index contributed by atoms with van der Waals surface area (Å²) in [5, 5.41) is 2.93. The van der Waals surface area contributed by atoms with Crippen molar-refractivity contribution in [2.75, 3.05) is 13.7 Å². The van der Waals surface area contributed by atoms with Crippen molar-refractivity contribution >= 4 is 16.9 Å². The molecule has 116 valence electrons. The lowest BCUT2D eigenvalue weighted by molar-refractivity contribution is 0.0955. The van der Waals surface area contributed by atoms with Crippen LogP contribution in [0.25, 0.3) is 11.0 Å². The van der Waals surface area contributed by atoms with Crippen LogP contribution in [0.1, 0.15) is 15.9 Å². The van der Waals surface area contributed by atoms with Gasteiger partial charge in [0.15, 0.2) is 0 Å². The number of benzene rings is 2. The molecule has 0 spiro atoms. The zero-order chi connectivity index (χ0) is 16.1. The number of fused-ring (bicyclic) bond motifs is 1. The average Bonchev–Trinajstić information content (AvgIpc) is 2.61. The van der Waals surface area contributed by atoms with Gasteiger partial charge in [0.1, 0.15) is 11.3 Å². The number of ether oxygens (including phenoxy) is 1. The van der Waals surface area contributed by atoms with Crippen molar-refractivity contribution in [3.05, 3.63) is 66.0 Å². The van der Waals surface area contributed by atoms with Gasteiger partial charge in [-0.2, -0.15) is 0 Å². The van der Waals surface area contributed by atoms with Crippen LogP contribution in [-0.2, 0) is 6.42 Å². The summed E-state index contributed by atoms with van der Waals surface area (Å²) < 4.78 is 5.20. The number of methoxy groups -OCH3 is 1. The molecule has 0 aliphatic heterocycles. The lowest BCUT2D eigenvalue weighted by Gasteiger charge is -2.08. The van der Waals surface area contributed by atoms with E-state index in [1.54, 1.807) is 25.6 Å². The number of hydrogen-bond acceptors (Lipinski definition) is 4. The summed E-state index contributed by atoms with van der Waals surface area (Å²) in [7, 11) is 1.64. The van der Waals surface area contributed by atoms with Gasteiger partial charge in [0, 0.05) is 18.9 Å². The number of carbonyl (C=O) groups is 1. The molecule has 0 unspecified atom stereocenters. The summed E-state index contributed by atoms with van der Waals surface area (Å²) in [6.45, 7) is 0.544. The third-order valence-corrected chi connectivity index (χ3v) is 3.58. The number of hydrogen-bond donors (Lipinski definition) is 1. The molecule has 0 aliphatic rings. The summed E-state index contributed by atoms with van der Waals surface area (Å²) in [4.78, 5) is 20.8. The van der Waals surface area contributed by atoms with Crippen LogP contribution in [0.3, 0.4) is 0 Å². The van der Waals surface area contributed by atoms with E-state index in [4.69, 9.17) is 4.74 Å². The monoisotopic (exact) mass is 307 g/mol. The number of rotatable bonds is 5. The molecule has 0 atom stereocenters. The molecule has 5 nitrogen and oxygen atoms in total. The maximum absolute atomic E-state index is 12.4. The van der Waals surface area contributed by atoms with E-state index in [9.17, 15) is 4.79 Å². The molecule has 2 aromatic carbocycles. The van der Waals surface area contributed by atoms with Crippen molar-refractivity contribution in [1.29, 1.82) is 0 Å². The first-order valence-electron chi connectivity index (χ1n) is 7.39. The van der Waals surface area contributed by atoms with E-state index < -0.39 is 0 Å². The third-order valence-electron chi connectivity index (χ3n) is 3.58. The van der Waals surface area contributed by atoms with Crippen molar-refractivity contribution in [3.8, 4) is 5.75 Å². The van der Waals surface area contributed by atoms with Gasteiger partial charge in [-0.15, -0.1) is 0 Å². The zero-order valence-corrected chi connectivity index (χ0v) is 12.8. The molecule has 1 aromatic heterocycles. The SMILES string of the molecule is COc1cccc(CCNC(=O)c2cccc3nccnc23)c1. The minimum atomic E-state index is -0.140. The molecule has 0 fully saturated rings. The first-order chi connectivity index (χ1) is 11.3. The molecule has 0 aliphatic carbocycles. The van der Waals surface area contributed by atoms with Crippen molar-refractivity contribution in [3.63, 3.8) is 0 Å². The average molecular weight is 307 g/mol. The molecule has 5 heteroatoms. The van der Waals surface area contributed by atoms with Crippen molar-refractivity contribution < 1.29 is 9.53 Å². The largest absolute Gasteiger partial charge is 0.497 e. The summed E-state index contributed by atoms with van der Waals surface area (Å²) >= 11 is 0. The molecule has 1 heterocycles. The predicted molar refractivity (Wildman–Crippen MR) is 88.6 cm³/mol. The second kappa shape index (κ2) is 6.87. The van der Waals surface area contributed by atoms with Crippen LogP contribution in [0.15, 0.2) is 54.9 Å². The Hall–Kier alpha value is -2.95. The molecule has 0 saturated heterocycles. The van der Waals surface area contributed by atoms with E-state index in [0.29, 0.717) is 23.1 Å². The van der Waals surface area contributed by atoms with E-state index >= 15 is 0 Å². The highest BCUT2D eigenvalue weighted by molar-refractivity contribution is 6.04. The van der Waals surface area contributed by atoms with Crippen molar-refractivity contribution in [2.24, 2.45) is 0 Å². The van der Waals surface area contributed by atoms with E-state index in [1.165, 1.54) is 0 Å². The molecule has 3 aromatic rings. The molecule has 23 heavy (non-hydrogen) atoms. The first-order valence-corrected chi connectivity index (χ1v) is 7.39. The fraction of sp³-hybridized carbons (Fsp3) is 0.167. The number of para-hydroxylation sites is 1. The van der Waals surface area contributed by atoms with Gasteiger partial charge in [-0.05, 0) is 36.2 Å². The Morgan fingerprint density at radius 3 is 2.83 bits per heavy atom. The van der Waals surface area contributed by atoms with Crippen LogP contribution in [0.4, 0.5) is 0 Å². The highest BCUT2D eigenvalue weighted by atomic mass is 16.5. The Morgan fingerprint density at radius 2 is 1.96 bits per heavy atom. The third kappa shape index (κ3) is 3.45. The lowest BCUT2D eigenvalue weighted by atomic mass is 10.1. The molecule has 1 N–H and O–H groups in total. The van der Waals surface area contributed by atoms with Crippen LogP contribution < -0.4 is 10.1 Å². The van der Waals surface area contributed by atoms with Gasteiger partial charge in [0.2, 0.25) is 0 Å². The van der Waals surface area contributed by atoms with Gasteiger partial charge < -0.3 is 10.1 Å². The van der Waals surface area contributed by atoms with Crippen LogP contribution in [0, 0.1) is 0 Å². The van der Waals surface area contributed by atoms with Gasteiger partial charge in [-0.3, -0.25) is 14.8 Å². The van der Waals surface area contributed by atoms with Crippen LogP contribution in [-0.4, -0.2) is 29.5 Å². The standard InChI is InChI=1S/C18H17N3O2/c1-23-14-5-2-4-13(12-14)8-9-21-18(22)15-6-3-7-16-17(15)20-11-10-19-16/h2-7,10-12H,8-9H2,1H3,(H,21,22). The lowest BCUT2D eigenvalue weighted by Crippen LogP contribution is -2.26. The smallest absolute Gasteiger partial charge is 0.253 e. The Morgan fingerprint density at radius 1 is 1.13 bits per heavy atom. The minimum Gasteiger partial charge on any atom is -0.497 e. The number of amides is 1. The Balaban J connectivity index is 1.67. The normalized spacial score (nSPS) is 10.5. The topological polar surface area (TPSA) is 64.1 Å². The van der Waals surface area contributed by atoms with Crippen LogP contribution in [0.5, 0.6) is 5.75 Å². The molecular formula is C18H17N3O2. The van der Waals surface area contributed by atoms with Crippen molar-refractivity contribution in [2.45, 2.75) is 6.42 Å². The van der Waals surface area contributed by atoms with Gasteiger partial charge in [0.05, 0.1) is 18.2 Å². The first kappa shape index (κ1) is 15.0. The van der Waals surface area contributed by atoms with Gasteiger partial charge in [-0.25, -0.2) is 0 Å². The molecule has 1 amide bonds. The molecule has 0 saturated carbocycles. The molecule has 0 bridgehead atoms. The summed E-state index contributed by atoms with van der Waals surface area (Å²) in [6.07, 6.45) is 3.95. The van der Waals surface area contributed by atoms with Crippen molar-refractivity contribution in [1.82, 2.24) is 15.3 Å². The van der Waals surface area contributed by atoms with Crippen LogP contribution >= 0.6 is 0 Å².